The van der Waals surface area contributed by atoms with Gasteiger partial charge in [0, 0.05) is 19.3 Å². The lowest BCUT2D eigenvalue weighted by Crippen LogP contribution is -2.09. The van der Waals surface area contributed by atoms with Crippen molar-refractivity contribution in [2.75, 3.05) is 7.05 Å². The second-order valence-electron chi connectivity index (χ2n) is 3.55. The summed E-state index contributed by atoms with van der Waals surface area (Å²) in [4.78, 5) is 6.27. The van der Waals surface area contributed by atoms with Crippen LogP contribution in [0.15, 0.2) is 59.2 Å². The Morgan fingerprint density at radius 2 is 2.00 bits per heavy atom. The number of hydrogen-bond donors (Lipinski definition) is 0. The molecule has 1 aliphatic heterocycles. The second kappa shape index (κ2) is 4.66. The molecule has 1 aliphatic rings. The third-order valence-corrected chi connectivity index (χ3v) is 2.41. The lowest BCUT2D eigenvalue weighted by atomic mass is 10.3. The molecule has 0 aliphatic carbocycles. The van der Waals surface area contributed by atoms with Crippen LogP contribution >= 0.6 is 0 Å². The fourth-order valence-electron chi connectivity index (χ4n) is 1.33. The maximum absolute atomic E-state index is 5.35. The summed E-state index contributed by atoms with van der Waals surface area (Å²) >= 11 is 0. The first-order valence-corrected chi connectivity index (χ1v) is 5.14. The van der Waals surface area contributed by atoms with E-state index >= 15 is 0 Å². The van der Waals surface area contributed by atoms with Crippen LogP contribution in [-0.4, -0.2) is 18.2 Å². The topological polar surface area (TPSA) is 24.8 Å². The number of allylic oxidation sites excluding steroid dienone is 2. The average molecular weight is 214 g/mol. The summed E-state index contributed by atoms with van der Waals surface area (Å²) in [5, 5.41) is 0. The molecule has 3 heteroatoms. The number of benzene rings is 1. The Hall–Kier alpha value is -2.03. The molecule has 0 radical (unpaired) electrons. The number of aliphatic imine (C=N–C) groups is 1. The predicted molar refractivity (Wildman–Crippen MR) is 65.3 cm³/mol. The monoisotopic (exact) mass is 214 g/mol. The van der Waals surface area contributed by atoms with Gasteiger partial charge in [0.15, 0.2) is 0 Å². The van der Waals surface area contributed by atoms with Crippen LogP contribution < -0.4 is 0 Å². The summed E-state index contributed by atoms with van der Waals surface area (Å²) < 4.78 is 5.35. The van der Waals surface area contributed by atoms with E-state index in [0.29, 0.717) is 0 Å². The van der Waals surface area contributed by atoms with Crippen molar-refractivity contribution in [2.45, 2.75) is 6.92 Å². The van der Waals surface area contributed by atoms with Crippen molar-refractivity contribution in [1.82, 2.24) is 4.90 Å². The Labute approximate surface area is 95.4 Å². The predicted octanol–water partition coefficient (Wildman–Crippen LogP) is 3.05. The van der Waals surface area contributed by atoms with Crippen LogP contribution in [0.1, 0.15) is 6.92 Å². The number of ether oxygens (including phenoxy) is 1. The molecule has 1 heterocycles. The molecule has 3 nitrogen and oxygen atoms in total. The third kappa shape index (κ3) is 2.31. The van der Waals surface area contributed by atoms with Crippen molar-refractivity contribution >= 4 is 11.9 Å². The van der Waals surface area contributed by atoms with E-state index in [1.807, 2.05) is 55.3 Å². The van der Waals surface area contributed by atoms with Crippen LogP contribution in [0.3, 0.4) is 0 Å². The molecule has 2 rings (SSSR count). The number of nitrogens with zero attached hydrogens (tertiary/aromatic N) is 2. The normalized spacial score (nSPS) is 18.0. The van der Waals surface area contributed by atoms with Crippen LogP contribution in [0.5, 0.6) is 0 Å². The zero-order valence-electron chi connectivity index (χ0n) is 9.42. The van der Waals surface area contributed by atoms with E-state index in [4.69, 9.17) is 4.74 Å². The molecule has 0 saturated heterocycles. The molecule has 0 fully saturated rings. The first-order valence-electron chi connectivity index (χ1n) is 5.14. The van der Waals surface area contributed by atoms with Crippen molar-refractivity contribution < 1.29 is 4.74 Å². The maximum atomic E-state index is 5.35. The molecule has 0 amide bonds. The average Bonchev–Trinajstić information content (AvgIpc) is 2.62. The van der Waals surface area contributed by atoms with Crippen LogP contribution in [0.2, 0.25) is 0 Å². The molecule has 0 N–H and O–H groups in total. The van der Waals surface area contributed by atoms with Gasteiger partial charge in [-0.05, 0) is 19.1 Å². The van der Waals surface area contributed by atoms with E-state index in [9.17, 15) is 0 Å². The second-order valence-corrected chi connectivity index (χ2v) is 3.55. The fourth-order valence-corrected chi connectivity index (χ4v) is 1.33. The minimum absolute atomic E-state index is 0.789. The van der Waals surface area contributed by atoms with Gasteiger partial charge in [0.1, 0.15) is 6.26 Å². The standard InChI is InChI=1S/C13H14N2O/c1-11-10-16-13(15(11)2)8-9-14-12-6-4-3-5-7-12/h3-10H,1-2H3/b13-8+,14-9?. The van der Waals surface area contributed by atoms with Crippen molar-refractivity contribution in [3.05, 3.63) is 54.3 Å². The summed E-state index contributed by atoms with van der Waals surface area (Å²) in [6.07, 6.45) is 5.32. The van der Waals surface area contributed by atoms with Gasteiger partial charge in [0.2, 0.25) is 5.88 Å². The molecule has 0 saturated carbocycles. The Bertz CT molecular complexity index is 446. The highest BCUT2D eigenvalue weighted by Gasteiger charge is 2.12. The van der Waals surface area contributed by atoms with Crippen molar-refractivity contribution in [3.8, 4) is 0 Å². The number of hydrogen-bond acceptors (Lipinski definition) is 3. The molecule has 82 valence electrons. The first-order chi connectivity index (χ1) is 7.77. The van der Waals surface area contributed by atoms with Crippen molar-refractivity contribution in [3.63, 3.8) is 0 Å². The zero-order chi connectivity index (χ0) is 11.4. The Balaban J connectivity index is 2.03. The Morgan fingerprint density at radius 1 is 1.25 bits per heavy atom. The molecule has 0 aromatic heterocycles. The van der Waals surface area contributed by atoms with Gasteiger partial charge in [-0.3, -0.25) is 4.99 Å². The molecule has 0 bridgehead atoms. The number of para-hydroxylation sites is 1. The summed E-state index contributed by atoms with van der Waals surface area (Å²) in [5.41, 5.74) is 2.02. The van der Waals surface area contributed by atoms with Gasteiger partial charge in [0.05, 0.1) is 11.4 Å². The minimum atomic E-state index is 0.789. The van der Waals surface area contributed by atoms with E-state index in [1.165, 1.54) is 0 Å². The van der Waals surface area contributed by atoms with Crippen molar-refractivity contribution in [1.29, 1.82) is 0 Å². The lowest BCUT2D eigenvalue weighted by Gasteiger charge is -2.11. The highest BCUT2D eigenvalue weighted by atomic mass is 16.5. The molecular weight excluding hydrogens is 200 g/mol. The van der Waals surface area contributed by atoms with E-state index in [-0.39, 0.29) is 0 Å². The van der Waals surface area contributed by atoms with Crippen LogP contribution in [0, 0.1) is 0 Å². The largest absolute Gasteiger partial charge is 0.447 e. The van der Waals surface area contributed by atoms with Gasteiger partial charge in [-0.2, -0.15) is 0 Å². The van der Waals surface area contributed by atoms with E-state index in [0.717, 1.165) is 17.3 Å². The van der Waals surface area contributed by atoms with Crippen LogP contribution in [0.4, 0.5) is 5.69 Å². The quantitative estimate of drug-likeness (QED) is 0.707. The molecule has 0 atom stereocenters. The van der Waals surface area contributed by atoms with E-state index in [2.05, 4.69) is 4.99 Å². The maximum Gasteiger partial charge on any atom is 0.200 e. The molecule has 1 aromatic rings. The van der Waals surface area contributed by atoms with Crippen LogP contribution in [0.25, 0.3) is 0 Å². The number of rotatable bonds is 2. The minimum Gasteiger partial charge on any atom is -0.447 e. The highest BCUT2D eigenvalue weighted by Crippen LogP contribution is 2.19. The Kier molecular flexibility index (Phi) is 3.05. The first kappa shape index (κ1) is 10.5. The SMILES string of the molecule is CC1=CO/C(=C/C=Nc2ccccc2)N1C. The summed E-state index contributed by atoms with van der Waals surface area (Å²) in [6, 6.07) is 9.81. The van der Waals surface area contributed by atoms with Gasteiger partial charge in [-0.25, -0.2) is 0 Å². The molecule has 1 aromatic carbocycles. The molecule has 0 unspecified atom stereocenters. The van der Waals surface area contributed by atoms with Gasteiger partial charge in [0.25, 0.3) is 0 Å². The summed E-state index contributed by atoms with van der Waals surface area (Å²) in [5.74, 6) is 0.789. The van der Waals surface area contributed by atoms with Gasteiger partial charge < -0.3 is 9.64 Å². The molecular formula is C13H14N2O. The van der Waals surface area contributed by atoms with Gasteiger partial charge in [-0.15, -0.1) is 0 Å². The van der Waals surface area contributed by atoms with Gasteiger partial charge >= 0.3 is 0 Å². The fraction of sp³-hybridized carbons (Fsp3) is 0.154. The molecule has 16 heavy (non-hydrogen) atoms. The van der Waals surface area contributed by atoms with Crippen LogP contribution in [-0.2, 0) is 4.74 Å². The highest BCUT2D eigenvalue weighted by molar-refractivity contribution is 5.75. The Morgan fingerprint density at radius 3 is 2.62 bits per heavy atom. The van der Waals surface area contributed by atoms with Gasteiger partial charge in [-0.1, -0.05) is 18.2 Å². The zero-order valence-corrected chi connectivity index (χ0v) is 9.42. The molecule has 0 spiro atoms. The van der Waals surface area contributed by atoms with Crippen molar-refractivity contribution in [2.24, 2.45) is 4.99 Å². The van der Waals surface area contributed by atoms with E-state index < -0.39 is 0 Å². The smallest absolute Gasteiger partial charge is 0.200 e. The lowest BCUT2D eigenvalue weighted by molar-refractivity contribution is 0.292. The third-order valence-electron chi connectivity index (χ3n) is 2.41. The summed E-state index contributed by atoms with van der Waals surface area (Å²) in [7, 11) is 1.96. The van der Waals surface area contributed by atoms with E-state index in [1.54, 1.807) is 12.5 Å². The summed E-state index contributed by atoms with van der Waals surface area (Å²) in [6.45, 7) is 2.00.